The molecule has 0 aliphatic rings. The van der Waals surface area contributed by atoms with Gasteiger partial charge in [-0.25, -0.2) is 13.8 Å². The van der Waals surface area contributed by atoms with Crippen LogP contribution in [0.1, 0.15) is 5.56 Å². The molecule has 3 rings (SSSR count). The van der Waals surface area contributed by atoms with Crippen LogP contribution >= 0.6 is 0 Å². The fraction of sp³-hybridized carbons (Fsp3) is 0.0714. The van der Waals surface area contributed by atoms with Crippen molar-refractivity contribution in [2.24, 2.45) is 0 Å². The molecule has 0 spiro atoms. The number of nitro benzene ring substituents is 1. The van der Waals surface area contributed by atoms with Gasteiger partial charge in [0.1, 0.15) is 0 Å². The molecule has 0 N–H and O–H groups in total. The van der Waals surface area contributed by atoms with Gasteiger partial charge in [-0.1, -0.05) is 18.2 Å². The van der Waals surface area contributed by atoms with Gasteiger partial charge in [0.25, 0.3) is 5.69 Å². The Balaban J connectivity index is 2.07. The summed E-state index contributed by atoms with van der Waals surface area (Å²) in [6.07, 6.45) is 1.40. The highest BCUT2D eigenvalue weighted by molar-refractivity contribution is 5.75. The fourth-order valence-corrected chi connectivity index (χ4v) is 2.19. The Labute approximate surface area is 117 Å². The third kappa shape index (κ3) is 2.33. The van der Waals surface area contributed by atoms with Crippen LogP contribution in [0.5, 0.6) is 0 Å². The number of halogens is 2. The van der Waals surface area contributed by atoms with Gasteiger partial charge in [-0.05, 0) is 0 Å². The van der Waals surface area contributed by atoms with Crippen molar-refractivity contribution in [3.63, 3.8) is 0 Å². The molecule has 0 aliphatic carbocycles. The Hall–Kier alpha value is -2.83. The van der Waals surface area contributed by atoms with Gasteiger partial charge in [0.2, 0.25) is 0 Å². The second kappa shape index (κ2) is 4.93. The quantitative estimate of drug-likeness (QED) is 0.549. The van der Waals surface area contributed by atoms with E-state index >= 15 is 0 Å². The average Bonchev–Trinajstić information content (AvgIpc) is 2.82. The first kappa shape index (κ1) is 13.2. The van der Waals surface area contributed by atoms with E-state index in [1.54, 1.807) is 22.8 Å². The molecule has 1 aromatic heterocycles. The Morgan fingerprint density at radius 3 is 2.67 bits per heavy atom. The van der Waals surface area contributed by atoms with Crippen molar-refractivity contribution in [3.05, 3.63) is 70.0 Å². The van der Waals surface area contributed by atoms with Gasteiger partial charge in [0, 0.05) is 23.8 Å². The maximum atomic E-state index is 13.3. The van der Waals surface area contributed by atoms with Gasteiger partial charge in [-0.3, -0.25) is 10.1 Å². The Kier molecular flexibility index (Phi) is 3.09. The van der Waals surface area contributed by atoms with Crippen molar-refractivity contribution in [3.8, 4) is 0 Å². The molecular weight excluding hydrogens is 280 g/mol. The lowest BCUT2D eigenvalue weighted by molar-refractivity contribution is -0.385. The average molecular weight is 289 g/mol. The van der Waals surface area contributed by atoms with Crippen LogP contribution in [0.3, 0.4) is 0 Å². The van der Waals surface area contributed by atoms with Crippen LogP contribution in [-0.4, -0.2) is 14.5 Å². The van der Waals surface area contributed by atoms with Crippen molar-refractivity contribution in [1.82, 2.24) is 9.55 Å². The topological polar surface area (TPSA) is 61.0 Å². The minimum absolute atomic E-state index is 0.0260. The van der Waals surface area contributed by atoms with Gasteiger partial charge in [-0.2, -0.15) is 0 Å². The van der Waals surface area contributed by atoms with Crippen molar-refractivity contribution in [2.75, 3.05) is 0 Å². The molecule has 0 radical (unpaired) electrons. The minimum atomic E-state index is -0.980. The zero-order valence-corrected chi connectivity index (χ0v) is 10.7. The van der Waals surface area contributed by atoms with Crippen molar-refractivity contribution >= 4 is 16.7 Å². The maximum Gasteiger partial charge on any atom is 0.274 e. The van der Waals surface area contributed by atoms with E-state index in [4.69, 9.17) is 0 Å². The predicted molar refractivity (Wildman–Crippen MR) is 71.8 cm³/mol. The van der Waals surface area contributed by atoms with E-state index in [1.165, 1.54) is 12.4 Å². The summed E-state index contributed by atoms with van der Waals surface area (Å²) in [5, 5.41) is 11.0. The molecule has 0 unspecified atom stereocenters. The van der Waals surface area contributed by atoms with E-state index in [9.17, 15) is 18.9 Å². The second-order valence-electron chi connectivity index (χ2n) is 4.51. The maximum absolute atomic E-state index is 13.3. The zero-order valence-electron chi connectivity index (χ0n) is 10.7. The summed E-state index contributed by atoms with van der Waals surface area (Å²) in [6.45, 7) is 0.152. The standard InChI is InChI=1S/C14H9F2N3O2/c15-10-5-12-14(6-11(10)16)18(8-17-12)7-9-3-1-2-4-13(9)19(20)21/h1-6,8H,7H2. The summed E-state index contributed by atoms with van der Waals surface area (Å²) < 4.78 is 28.0. The van der Waals surface area contributed by atoms with E-state index < -0.39 is 16.6 Å². The van der Waals surface area contributed by atoms with Gasteiger partial charge < -0.3 is 4.57 Å². The molecule has 1 heterocycles. The summed E-state index contributed by atoms with van der Waals surface area (Å²) in [5.41, 5.74) is 1.12. The number of imidazole rings is 1. The van der Waals surface area contributed by atoms with Crippen LogP contribution in [0.25, 0.3) is 11.0 Å². The third-order valence-corrected chi connectivity index (χ3v) is 3.19. The molecule has 0 fully saturated rings. The number of nitrogens with zero attached hydrogens (tertiary/aromatic N) is 3. The van der Waals surface area contributed by atoms with E-state index in [0.29, 0.717) is 16.6 Å². The molecule has 106 valence electrons. The number of fused-ring (bicyclic) bond motifs is 1. The van der Waals surface area contributed by atoms with Crippen molar-refractivity contribution in [2.45, 2.75) is 6.54 Å². The van der Waals surface area contributed by atoms with Gasteiger partial charge >= 0.3 is 0 Å². The molecule has 7 heteroatoms. The molecule has 0 aliphatic heterocycles. The predicted octanol–water partition coefficient (Wildman–Crippen LogP) is 3.27. The molecule has 2 aromatic carbocycles. The SMILES string of the molecule is O=[N+]([O-])c1ccccc1Cn1cnc2cc(F)c(F)cc21. The third-order valence-electron chi connectivity index (χ3n) is 3.19. The highest BCUT2D eigenvalue weighted by Gasteiger charge is 2.15. The van der Waals surface area contributed by atoms with E-state index in [1.807, 2.05) is 0 Å². The van der Waals surface area contributed by atoms with Gasteiger partial charge in [-0.15, -0.1) is 0 Å². The normalized spacial score (nSPS) is 11.0. The summed E-state index contributed by atoms with van der Waals surface area (Å²) in [6, 6.07) is 8.30. The summed E-state index contributed by atoms with van der Waals surface area (Å²) in [5.74, 6) is -1.95. The lowest BCUT2D eigenvalue weighted by Gasteiger charge is -2.05. The van der Waals surface area contributed by atoms with E-state index in [-0.39, 0.29) is 12.2 Å². The fourth-order valence-electron chi connectivity index (χ4n) is 2.19. The molecule has 21 heavy (non-hydrogen) atoms. The minimum Gasteiger partial charge on any atom is -0.326 e. The van der Waals surface area contributed by atoms with E-state index in [0.717, 1.165) is 12.1 Å². The smallest absolute Gasteiger partial charge is 0.274 e. The summed E-state index contributed by atoms with van der Waals surface area (Å²) >= 11 is 0. The largest absolute Gasteiger partial charge is 0.326 e. The number of hydrogen-bond acceptors (Lipinski definition) is 3. The Bertz CT molecular complexity index is 845. The first-order valence-corrected chi connectivity index (χ1v) is 6.08. The first-order chi connectivity index (χ1) is 10.1. The highest BCUT2D eigenvalue weighted by atomic mass is 19.2. The van der Waals surface area contributed by atoms with Crippen LogP contribution in [0.4, 0.5) is 14.5 Å². The molecule has 0 atom stereocenters. The number of nitro groups is 1. The second-order valence-corrected chi connectivity index (χ2v) is 4.51. The molecule has 0 amide bonds. The lowest BCUT2D eigenvalue weighted by Crippen LogP contribution is -2.02. The van der Waals surface area contributed by atoms with E-state index in [2.05, 4.69) is 4.98 Å². The molecule has 0 saturated heterocycles. The molecule has 0 saturated carbocycles. The number of benzene rings is 2. The molecule has 0 bridgehead atoms. The van der Waals surface area contributed by atoms with Crippen LogP contribution in [0, 0.1) is 21.7 Å². The van der Waals surface area contributed by atoms with Gasteiger partial charge in [0.05, 0.1) is 28.8 Å². The Morgan fingerprint density at radius 2 is 1.90 bits per heavy atom. The van der Waals surface area contributed by atoms with Crippen molar-refractivity contribution in [1.29, 1.82) is 0 Å². The lowest BCUT2D eigenvalue weighted by atomic mass is 10.2. The number of para-hydroxylation sites is 1. The highest BCUT2D eigenvalue weighted by Crippen LogP contribution is 2.22. The number of hydrogen-bond donors (Lipinski definition) is 0. The summed E-state index contributed by atoms with van der Waals surface area (Å²) in [7, 11) is 0. The Morgan fingerprint density at radius 1 is 1.19 bits per heavy atom. The zero-order chi connectivity index (χ0) is 15.0. The first-order valence-electron chi connectivity index (χ1n) is 6.08. The molecular formula is C14H9F2N3O2. The molecule has 3 aromatic rings. The van der Waals surface area contributed by atoms with Gasteiger partial charge in [0.15, 0.2) is 11.6 Å². The van der Waals surface area contributed by atoms with Crippen LogP contribution in [0.2, 0.25) is 0 Å². The number of rotatable bonds is 3. The molecule has 5 nitrogen and oxygen atoms in total. The van der Waals surface area contributed by atoms with Crippen LogP contribution in [-0.2, 0) is 6.54 Å². The monoisotopic (exact) mass is 289 g/mol. The van der Waals surface area contributed by atoms with Crippen LogP contribution in [0.15, 0.2) is 42.7 Å². The van der Waals surface area contributed by atoms with Crippen LogP contribution < -0.4 is 0 Å². The van der Waals surface area contributed by atoms with Crippen molar-refractivity contribution < 1.29 is 13.7 Å². The number of aromatic nitrogens is 2. The summed E-state index contributed by atoms with van der Waals surface area (Å²) in [4.78, 5) is 14.5.